The first kappa shape index (κ1) is 25.0. The molecule has 0 aromatic carbocycles. The van der Waals surface area contributed by atoms with Gasteiger partial charge in [-0.25, -0.2) is 5.43 Å². The molecule has 1 atom stereocenters. The van der Waals surface area contributed by atoms with Crippen LogP contribution in [0.15, 0.2) is 5.10 Å². The molecule has 0 aromatic rings. The third kappa shape index (κ3) is 6.87. The van der Waals surface area contributed by atoms with Crippen molar-refractivity contribution in [1.82, 2.24) is 15.6 Å². The van der Waals surface area contributed by atoms with Crippen LogP contribution in [0.3, 0.4) is 0 Å². The van der Waals surface area contributed by atoms with Crippen molar-refractivity contribution in [2.24, 2.45) is 16.9 Å². The Morgan fingerprint density at radius 2 is 1.60 bits per heavy atom. The summed E-state index contributed by atoms with van der Waals surface area (Å²) in [5.41, 5.74) is 2.42. The molecule has 1 saturated heterocycles. The highest BCUT2D eigenvalue weighted by atomic mass is 35.5. The maximum absolute atomic E-state index is 13.0. The van der Waals surface area contributed by atoms with Crippen molar-refractivity contribution in [2.75, 3.05) is 19.3 Å². The summed E-state index contributed by atoms with van der Waals surface area (Å²) in [6, 6.07) is -0.736. The van der Waals surface area contributed by atoms with E-state index in [9.17, 15) is 14.4 Å². The number of hydrazone groups is 1. The van der Waals surface area contributed by atoms with Gasteiger partial charge >= 0.3 is 5.91 Å². The standard InChI is InChI=1S/C21H34N4O3S.ClH/c1-25-13-14-29-21(25)24-23-20(28)18(26)17(15-9-7-4-8-10-15)22-19(27)16-11-5-2-3-6-12-16;/h15-17H,2-14H2,1H3,(H,22,27)(H,23,28);1H. The normalized spacial score (nSPS) is 23.4. The van der Waals surface area contributed by atoms with Crippen LogP contribution < -0.4 is 10.7 Å². The molecule has 1 unspecified atom stereocenters. The lowest BCUT2D eigenvalue weighted by Crippen LogP contribution is -2.52. The highest BCUT2D eigenvalue weighted by Crippen LogP contribution is 2.28. The summed E-state index contributed by atoms with van der Waals surface area (Å²) >= 11 is 1.55. The van der Waals surface area contributed by atoms with Gasteiger partial charge in [-0.15, -0.1) is 17.5 Å². The number of ketones is 1. The third-order valence-electron chi connectivity index (χ3n) is 6.39. The fraction of sp³-hybridized carbons (Fsp3) is 0.810. The minimum Gasteiger partial charge on any atom is -0.352 e. The van der Waals surface area contributed by atoms with Gasteiger partial charge in [-0.05, 0) is 31.6 Å². The molecule has 0 spiro atoms. The van der Waals surface area contributed by atoms with E-state index in [1.54, 1.807) is 11.8 Å². The van der Waals surface area contributed by atoms with Crippen molar-refractivity contribution < 1.29 is 14.4 Å². The average molecular weight is 459 g/mol. The molecule has 7 nitrogen and oxygen atoms in total. The number of hydrogen-bond donors (Lipinski definition) is 2. The zero-order valence-electron chi connectivity index (χ0n) is 17.9. The molecule has 3 rings (SSSR count). The molecule has 1 heterocycles. The largest absolute Gasteiger partial charge is 0.352 e. The number of rotatable bonds is 6. The molecule has 2 N–H and O–H groups in total. The SMILES string of the molecule is CN1CCSC1=NNC(=O)C(=O)C(NC(=O)C1CCCCCC1)C1CCCCC1.Cl. The van der Waals surface area contributed by atoms with Crippen LogP contribution >= 0.6 is 24.2 Å². The van der Waals surface area contributed by atoms with Crippen molar-refractivity contribution in [1.29, 1.82) is 0 Å². The molecular weight excluding hydrogens is 424 g/mol. The van der Waals surface area contributed by atoms with E-state index in [0.29, 0.717) is 5.17 Å². The Kier molecular flexibility index (Phi) is 10.4. The molecule has 3 fully saturated rings. The first-order valence-electron chi connectivity index (χ1n) is 11.1. The lowest BCUT2D eigenvalue weighted by atomic mass is 9.81. The van der Waals surface area contributed by atoms with Gasteiger partial charge in [-0.3, -0.25) is 14.4 Å². The van der Waals surface area contributed by atoms with Gasteiger partial charge in [0.1, 0.15) is 6.04 Å². The molecule has 170 valence electrons. The van der Waals surface area contributed by atoms with Crippen LogP contribution in [0.1, 0.15) is 70.6 Å². The molecule has 0 radical (unpaired) electrons. The fourth-order valence-electron chi connectivity index (χ4n) is 4.57. The van der Waals surface area contributed by atoms with E-state index in [-0.39, 0.29) is 30.2 Å². The molecule has 9 heteroatoms. The van der Waals surface area contributed by atoms with Gasteiger partial charge in [0.2, 0.25) is 11.7 Å². The van der Waals surface area contributed by atoms with Crippen molar-refractivity contribution in [3.63, 3.8) is 0 Å². The Hall–Kier alpha value is -1.28. The van der Waals surface area contributed by atoms with Crippen molar-refractivity contribution in [3.8, 4) is 0 Å². The van der Waals surface area contributed by atoms with Gasteiger partial charge < -0.3 is 10.2 Å². The summed E-state index contributed by atoms with van der Waals surface area (Å²) in [7, 11) is 1.91. The lowest BCUT2D eigenvalue weighted by Gasteiger charge is -2.30. The van der Waals surface area contributed by atoms with E-state index in [1.807, 2.05) is 11.9 Å². The molecular formula is C21H35ClN4O3S. The molecule has 0 bridgehead atoms. The van der Waals surface area contributed by atoms with Gasteiger partial charge in [0.25, 0.3) is 0 Å². The number of nitrogens with one attached hydrogen (secondary N) is 2. The summed E-state index contributed by atoms with van der Waals surface area (Å²) in [6.07, 6.45) is 11.2. The molecule has 0 aromatic heterocycles. The van der Waals surface area contributed by atoms with Crippen molar-refractivity contribution in [3.05, 3.63) is 0 Å². The number of carbonyl (C=O) groups is 3. The van der Waals surface area contributed by atoms with E-state index in [4.69, 9.17) is 0 Å². The van der Waals surface area contributed by atoms with Crippen LogP contribution in [0.4, 0.5) is 0 Å². The van der Waals surface area contributed by atoms with Crippen LogP contribution in [-0.4, -0.2) is 53.1 Å². The van der Waals surface area contributed by atoms with Crippen molar-refractivity contribution in [2.45, 2.75) is 76.7 Å². The van der Waals surface area contributed by atoms with E-state index in [2.05, 4.69) is 15.8 Å². The summed E-state index contributed by atoms with van der Waals surface area (Å²) in [4.78, 5) is 40.4. The Labute approximate surface area is 190 Å². The minimum atomic E-state index is -0.736. The first-order valence-corrected chi connectivity index (χ1v) is 12.1. The summed E-state index contributed by atoms with van der Waals surface area (Å²) in [6.45, 7) is 0.870. The summed E-state index contributed by atoms with van der Waals surface area (Å²) < 4.78 is 0. The van der Waals surface area contributed by atoms with E-state index in [0.717, 1.165) is 70.1 Å². The lowest BCUT2D eigenvalue weighted by molar-refractivity contribution is -0.141. The second-order valence-corrected chi connectivity index (χ2v) is 9.60. The maximum atomic E-state index is 13.0. The minimum absolute atomic E-state index is 0. The first-order chi connectivity index (χ1) is 14.1. The summed E-state index contributed by atoms with van der Waals surface area (Å²) in [5, 5.41) is 7.81. The Bertz CT molecular complexity index is 632. The predicted octanol–water partition coefficient (Wildman–Crippen LogP) is 3.08. The molecule has 3 aliphatic rings. The third-order valence-corrected chi connectivity index (χ3v) is 7.44. The highest BCUT2D eigenvalue weighted by molar-refractivity contribution is 8.14. The zero-order chi connectivity index (χ0) is 20.6. The number of hydrogen-bond acceptors (Lipinski definition) is 5. The Balaban J connectivity index is 0.00000320. The molecule has 2 amide bonds. The smallest absolute Gasteiger partial charge is 0.309 e. The zero-order valence-corrected chi connectivity index (χ0v) is 19.5. The second-order valence-electron chi connectivity index (χ2n) is 8.54. The van der Waals surface area contributed by atoms with Crippen LogP contribution in [0.2, 0.25) is 0 Å². The van der Waals surface area contributed by atoms with Crippen LogP contribution in [-0.2, 0) is 14.4 Å². The van der Waals surface area contributed by atoms with Gasteiger partial charge in [-0.2, -0.15) is 0 Å². The molecule has 2 saturated carbocycles. The number of amides is 2. The number of nitrogens with zero attached hydrogens (tertiary/aromatic N) is 2. The Morgan fingerprint density at radius 1 is 1.00 bits per heavy atom. The van der Waals surface area contributed by atoms with Crippen LogP contribution in [0.5, 0.6) is 0 Å². The topological polar surface area (TPSA) is 90.9 Å². The van der Waals surface area contributed by atoms with Gasteiger partial charge in [-0.1, -0.05) is 56.7 Å². The van der Waals surface area contributed by atoms with Crippen molar-refractivity contribution >= 4 is 46.9 Å². The number of carbonyl (C=O) groups excluding carboxylic acids is 3. The van der Waals surface area contributed by atoms with Gasteiger partial charge in [0.05, 0.1) is 0 Å². The highest BCUT2D eigenvalue weighted by Gasteiger charge is 2.36. The number of Topliss-reactive ketones (excluding diaryl/α,β-unsaturated/α-hetero) is 1. The fourth-order valence-corrected chi connectivity index (χ4v) is 5.54. The van der Waals surface area contributed by atoms with E-state index in [1.165, 1.54) is 12.8 Å². The number of amidine groups is 1. The maximum Gasteiger partial charge on any atom is 0.309 e. The molecule has 30 heavy (non-hydrogen) atoms. The predicted molar refractivity (Wildman–Crippen MR) is 123 cm³/mol. The second kappa shape index (κ2) is 12.5. The molecule has 1 aliphatic heterocycles. The number of halogens is 1. The summed E-state index contributed by atoms with van der Waals surface area (Å²) in [5.74, 6) is -0.428. The monoisotopic (exact) mass is 458 g/mol. The van der Waals surface area contributed by atoms with E-state index < -0.39 is 17.7 Å². The molecule has 2 aliphatic carbocycles. The van der Waals surface area contributed by atoms with Gasteiger partial charge in [0, 0.05) is 25.3 Å². The van der Waals surface area contributed by atoms with E-state index >= 15 is 0 Å². The van der Waals surface area contributed by atoms with Crippen LogP contribution in [0, 0.1) is 11.8 Å². The average Bonchev–Trinajstić information content (AvgIpc) is 2.97. The quantitative estimate of drug-likeness (QED) is 0.362. The Morgan fingerprint density at radius 3 is 2.20 bits per heavy atom. The number of thioether (sulfide) groups is 1. The van der Waals surface area contributed by atoms with Crippen LogP contribution in [0.25, 0.3) is 0 Å². The van der Waals surface area contributed by atoms with Gasteiger partial charge in [0.15, 0.2) is 5.17 Å².